The van der Waals surface area contributed by atoms with Gasteiger partial charge >= 0.3 is 0 Å². The van der Waals surface area contributed by atoms with E-state index in [4.69, 9.17) is 10.2 Å². The Hall–Kier alpha value is -0.610. The minimum atomic E-state index is -1.21. The molecule has 0 aromatic heterocycles. The summed E-state index contributed by atoms with van der Waals surface area (Å²) in [5.74, 6) is -0.343. The topological polar surface area (TPSA) is 60.8 Å². The Morgan fingerprint density at radius 3 is 2.45 bits per heavy atom. The number of aliphatic hydroxyl groups excluding tert-OH is 2. The quantitative estimate of drug-likeness (QED) is 0.541. The van der Waals surface area contributed by atoms with Crippen LogP contribution in [0.2, 0.25) is 0 Å². The summed E-state index contributed by atoms with van der Waals surface area (Å²) >= 11 is 0. The fraction of sp³-hybridized carbons (Fsp3) is 0.857. The SMILES string of the molecule is O=C([C@@H](O)CO)N1CCCC1. The van der Waals surface area contributed by atoms with E-state index < -0.39 is 12.7 Å². The number of amides is 1. The van der Waals surface area contributed by atoms with Crippen LogP contribution in [0.25, 0.3) is 0 Å². The van der Waals surface area contributed by atoms with Crippen molar-refractivity contribution in [1.29, 1.82) is 0 Å². The molecule has 1 rings (SSSR count). The summed E-state index contributed by atoms with van der Waals surface area (Å²) in [4.78, 5) is 12.7. The normalized spacial score (nSPS) is 20.4. The minimum Gasteiger partial charge on any atom is -0.393 e. The van der Waals surface area contributed by atoms with Crippen LogP contribution in [0, 0.1) is 0 Å². The molecule has 0 radical (unpaired) electrons. The predicted octanol–water partition coefficient (Wildman–Crippen LogP) is -1.04. The highest BCUT2D eigenvalue weighted by molar-refractivity contribution is 5.80. The van der Waals surface area contributed by atoms with E-state index in [1.165, 1.54) is 0 Å². The van der Waals surface area contributed by atoms with E-state index in [0.29, 0.717) is 0 Å². The maximum absolute atomic E-state index is 11.1. The summed E-state index contributed by atoms with van der Waals surface area (Å²) in [6, 6.07) is 0. The Balaban J connectivity index is 2.39. The van der Waals surface area contributed by atoms with E-state index in [1.807, 2.05) is 0 Å². The third kappa shape index (κ3) is 1.91. The molecule has 0 aromatic rings. The highest BCUT2D eigenvalue weighted by Gasteiger charge is 2.23. The Kier molecular flexibility index (Phi) is 2.84. The van der Waals surface area contributed by atoms with E-state index in [0.717, 1.165) is 25.9 Å². The predicted molar refractivity (Wildman–Crippen MR) is 38.9 cm³/mol. The first-order valence-electron chi connectivity index (χ1n) is 3.83. The van der Waals surface area contributed by atoms with Gasteiger partial charge in [0.25, 0.3) is 5.91 Å². The smallest absolute Gasteiger partial charge is 0.253 e. The van der Waals surface area contributed by atoms with Gasteiger partial charge in [-0.3, -0.25) is 4.79 Å². The monoisotopic (exact) mass is 159 g/mol. The van der Waals surface area contributed by atoms with E-state index in [9.17, 15) is 4.79 Å². The van der Waals surface area contributed by atoms with Crippen molar-refractivity contribution in [3.63, 3.8) is 0 Å². The average Bonchev–Trinajstić information content (AvgIpc) is 2.53. The standard InChI is InChI=1S/C7H13NO3/c9-5-6(10)7(11)8-3-1-2-4-8/h6,9-10H,1-5H2/t6-/m0/s1. The zero-order valence-electron chi connectivity index (χ0n) is 6.36. The van der Waals surface area contributed by atoms with Crippen molar-refractivity contribution in [3.05, 3.63) is 0 Å². The molecule has 0 saturated carbocycles. The van der Waals surface area contributed by atoms with Gasteiger partial charge in [-0.25, -0.2) is 0 Å². The van der Waals surface area contributed by atoms with Crippen LogP contribution in [-0.2, 0) is 4.79 Å². The summed E-state index contributed by atoms with van der Waals surface area (Å²) in [5.41, 5.74) is 0. The molecule has 4 nitrogen and oxygen atoms in total. The van der Waals surface area contributed by atoms with Gasteiger partial charge in [0.1, 0.15) is 0 Å². The minimum absolute atomic E-state index is 0.343. The highest BCUT2D eigenvalue weighted by atomic mass is 16.3. The van der Waals surface area contributed by atoms with Crippen molar-refractivity contribution in [3.8, 4) is 0 Å². The summed E-state index contributed by atoms with van der Waals surface area (Å²) < 4.78 is 0. The molecule has 1 aliphatic heterocycles. The number of nitrogens with zero attached hydrogens (tertiary/aromatic N) is 1. The van der Waals surface area contributed by atoms with Crippen LogP contribution < -0.4 is 0 Å². The zero-order valence-corrected chi connectivity index (χ0v) is 6.36. The molecule has 1 aliphatic rings. The lowest BCUT2D eigenvalue weighted by atomic mass is 10.3. The fourth-order valence-electron chi connectivity index (χ4n) is 1.23. The van der Waals surface area contributed by atoms with Crippen LogP contribution in [0.15, 0.2) is 0 Å². The highest BCUT2D eigenvalue weighted by Crippen LogP contribution is 2.08. The molecule has 0 aliphatic carbocycles. The molecule has 0 unspecified atom stereocenters. The number of hydrogen-bond acceptors (Lipinski definition) is 3. The maximum atomic E-state index is 11.1. The van der Waals surface area contributed by atoms with E-state index in [-0.39, 0.29) is 5.91 Å². The summed E-state index contributed by atoms with van der Waals surface area (Å²) in [7, 11) is 0. The Morgan fingerprint density at radius 2 is 2.00 bits per heavy atom. The molecule has 1 heterocycles. The third-order valence-electron chi connectivity index (χ3n) is 1.88. The van der Waals surface area contributed by atoms with Gasteiger partial charge in [0, 0.05) is 13.1 Å². The van der Waals surface area contributed by atoms with E-state index in [2.05, 4.69) is 0 Å². The molecule has 0 spiro atoms. The largest absolute Gasteiger partial charge is 0.393 e. The van der Waals surface area contributed by atoms with Crippen LogP contribution in [-0.4, -0.2) is 46.8 Å². The average molecular weight is 159 g/mol. The molecule has 1 atom stereocenters. The molecule has 11 heavy (non-hydrogen) atoms. The van der Waals surface area contributed by atoms with Crippen molar-refractivity contribution >= 4 is 5.91 Å². The lowest BCUT2D eigenvalue weighted by Crippen LogP contribution is -2.38. The summed E-state index contributed by atoms with van der Waals surface area (Å²) in [5, 5.41) is 17.4. The van der Waals surface area contributed by atoms with Crippen molar-refractivity contribution in [2.75, 3.05) is 19.7 Å². The van der Waals surface area contributed by atoms with Gasteiger partial charge in [-0.2, -0.15) is 0 Å². The van der Waals surface area contributed by atoms with Crippen LogP contribution in [0.4, 0.5) is 0 Å². The first kappa shape index (κ1) is 8.49. The van der Waals surface area contributed by atoms with Crippen LogP contribution in [0.5, 0.6) is 0 Å². The van der Waals surface area contributed by atoms with Crippen LogP contribution in [0.1, 0.15) is 12.8 Å². The first-order chi connectivity index (χ1) is 5.25. The fourth-order valence-corrected chi connectivity index (χ4v) is 1.23. The molecule has 2 N–H and O–H groups in total. The van der Waals surface area contributed by atoms with Crippen molar-refractivity contribution in [2.24, 2.45) is 0 Å². The second kappa shape index (κ2) is 3.69. The van der Waals surface area contributed by atoms with Crippen molar-refractivity contribution in [2.45, 2.75) is 18.9 Å². The van der Waals surface area contributed by atoms with Gasteiger partial charge in [-0.1, -0.05) is 0 Å². The van der Waals surface area contributed by atoms with Gasteiger partial charge in [0.15, 0.2) is 6.10 Å². The Bertz CT molecular complexity index is 143. The first-order valence-corrected chi connectivity index (χ1v) is 3.83. The van der Waals surface area contributed by atoms with E-state index >= 15 is 0 Å². The number of carbonyl (C=O) groups is 1. The Labute approximate surface area is 65.4 Å². The maximum Gasteiger partial charge on any atom is 0.253 e. The zero-order chi connectivity index (χ0) is 8.27. The summed E-state index contributed by atoms with van der Waals surface area (Å²) in [6.45, 7) is 0.959. The number of aliphatic hydroxyl groups is 2. The number of hydrogen-bond donors (Lipinski definition) is 2. The second-order valence-electron chi connectivity index (χ2n) is 2.73. The third-order valence-corrected chi connectivity index (χ3v) is 1.88. The summed E-state index contributed by atoms with van der Waals surface area (Å²) in [6.07, 6.45) is 0.793. The number of rotatable bonds is 2. The molecule has 0 aromatic carbocycles. The lowest BCUT2D eigenvalue weighted by Gasteiger charge is -2.17. The van der Waals surface area contributed by atoms with E-state index in [1.54, 1.807) is 4.90 Å². The second-order valence-corrected chi connectivity index (χ2v) is 2.73. The molecule has 1 saturated heterocycles. The number of likely N-dealkylation sites (tertiary alicyclic amines) is 1. The lowest BCUT2D eigenvalue weighted by molar-refractivity contribution is -0.140. The van der Waals surface area contributed by atoms with Crippen LogP contribution in [0.3, 0.4) is 0 Å². The molecule has 4 heteroatoms. The Morgan fingerprint density at radius 1 is 1.45 bits per heavy atom. The molecule has 64 valence electrons. The van der Waals surface area contributed by atoms with Gasteiger partial charge in [0.2, 0.25) is 0 Å². The molecule has 0 bridgehead atoms. The number of carbonyl (C=O) groups excluding carboxylic acids is 1. The van der Waals surface area contributed by atoms with Crippen molar-refractivity contribution in [1.82, 2.24) is 4.90 Å². The van der Waals surface area contributed by atoms with Gasteiger partial charge in [-0.15, -0.1) is 0 Å². The van der Waals surface area contributed by atoms with Crippen LogP contribution >= 0.6 is 0 Å². The van der Waals surface area contributed by atoms with Gasteiger partial charge in [-0.05, 0) is 12.8 Å². The molecule has 1 amide bonds. The molecule has 1 fully saturated rings. The molecular formula is C7H13NO3. The van der Waals surface area contributed by atoms with Crippen molar-refractivity contribution < 1.29 is 15.0 Å². The van der Waals surface area contributed by atoms with Gasteiger partial charge in [0.05, 0.1) is 6.61 Å². The van der Waals surface area contributed by atoms with Gasteiger partial charge < -0.3 is 15.1 Å². The molecular weight excluding hydrogens is 146 g/mol.